The van der Waals surface area contributed by atoms with E-state index in [4.69, 9.17) is 37.0 Å². The number of aliphatic hydroxyl groups excluding tert-OH is 1. The first-order valence-electron chi connectivity index (χ1n) is 45.0. The largest absolute Gasteiger partial charge is 0.472 e. The molecule has 630 valence electrons. The minimum atomic E-state index is -4.97. The molecule has 0 amide bonds. The first-order chi connectivity index (χ1) is 51.4. The van der Waals surface area contributed by atoms with Crippen LogP contribution in [0.4, 0.5) is 0 Å². The molecule has 106 heavy (non-hydrogen) atoms. The lowest BCUT2D eigenvalue weighted by atomic mass is 9.99. The van der Waals surface area contributed by atoms with Crippen molar-refractivity contribution in [1.29, 1.82) is 0 Å². The number of hydrogen-bond acceptors (Lipinski definition) is 15. The number of esters is 4. The molecule has 0 saturated carbocycles. The van der Waals surface area contributed by atoms with E-state index in [2.05, 4.69) is 41.5 Å². The Morgan fingerprint density at radius 2 is 0.481 bits per heavy atom. The third-order valence-corrected chi connectivity index (χ3v) is 22.7. The van der Waals surface area contributed by atoms with E-state index in [0.717, 1.165) is 102 Å². The summed E-state index contributed by atoms with van der Waals surface area (Å²) in [6.07, 6.45) is 70.7. The van der Waals surface area contributed by atoms with Gasteiger partial charge in [-0.3, -0.25) is 37.3 Å². The van der Waals surface area contributed by atoms with Crippen molar-refractivity contribution in [3.05, 3.63) is 0 Å². The lowest BCUT2D eigenvalue weighted by Gasteiger charge is -2.21. The third kappa shape index (κ3) is 78.7. The van der Waals surface area contributed by atoms with Crippen molar-refractivity contribution in [3.8, 4) is 0 Å². The van der Waals surface area contributed by atoms with E-state index in [9.17, 15) is 43.2 Å². The fourth-order valence-electron chi connectivity index (χ4n) is 13.6. The van der Waals surface area contributed by atoms with Gasteiger partial charge in [-0.05, 0) is 37.5 Å². The average molecular weight is 1550 g/mol. The molecule has 0 saturated heterocycles. The highest BCUT2D eigenvalue weighted by Gasteiger charge is 2.30. The Kier molecular flexibility index (Phi) is 76.9. The smallest absolute Gasteiger partial charge is 0.462 e. The second kappa shape index (κ2) is 78.3. The van der Waals surface area contributed by atoms with Crippen LogP contribution in [0.3, 0.4) is 0 Å². The fraction of sp³-hybridized carbons (Fsp3) is 0.954. The average Bonchev–Trinajstić information content (AvgIpc) is 0.909. The molecule has 0 aromatic rings. The number of aliphatic hydroxyl groups is 1. The van der Waals surface area contributed by atoms with Crippen LogP contribution in [0.1, 0.15) is 465 Å². The second-order valence-corrected chi connectivity index (χ2v) is 34.9. The Labute approximate surface area is 651 Å². The van der Waals surface area contributed by atoms with Crippen LogP contribution >= 0.6 is 15.6 Å². The normalized spacial score (nSPS) is 14.1. The highest BCUT2D eigenvalue weighted by Crippen LogP contribution is 2.45. The van der Waals surface area contributed by atoms with Gasteiger partial charge >= 0.3 is 39.5 Å². The monoisotopic (exact) mass is 1550 g/mol. The van der Waals surface area contributed by atoms with Crippen LogP contribution in [0, 0.1) is 11.8 Å². The fourth-order valence-corrected chi connectivity index (χ4v) is 15.1. The Morgan fingerprint density at radius 1 is 0.274 bits per heavy atom. The number of ether oxygens (including phenoxy) is 4. The lowest BCUT2D eigenvalue weighted by molar-refractivity contribution is -0.161. The highest BCUT2D eigenvalue weighted by molar-refractivity contribution is 7.47. The Balaban J connectivity index is 5.25. The lowest BCUT2D eigenvalue weighted by Crippen LogP contribution is -2.30. The van der Waals surface area contributed by atoms with E-state index in [1.54, 1.807) is 0 Å². The zero-order valence-corrected chi connectivity index (χ0v) is 71.5. The van der Waals surface area contributed by atoms with Crippen LogP contribution in [0.15, 0.2) is 0 Å². The first-order valence-corrected chi connectivity index (χ1v) is 48.0. The zero-order chi connectivity index (χ0) is 77.8. The van der Waals surface area contributed by atoms with Gasteiger partial charge in [0.15, 0.2) is 12.2 Å². The second-order valence-electron chi connectivity index (χ2n) is 32.0. The summed E-state index contributed by atoms with van der Waals surface area (Å²) in [6, 6.07) is 0. The van der Waals surface area contributed by atoms with Gasteiger partial charge in [0.05, 0.1) is 26.4 Å². The van der Waals surface area contributed by atoms with Crippen LogP contribution in [-0.2, 0) is 65.4 Å². The number of unbranched alkanes of at least 4 members (excludes halogenated alkanes) is 55. The van der Waals surface area contributed by atoms with Crippen molar-refractivity contribution in [2.75, 3.05) is 39.6 Å². The van der Waals surface area contributed by atoms with Crippen LogP contribution in [0.2, 0.25) is 0 Å². The summed E-state index contributed by atoms with van der Waals surface area (Å²) in [6.45, 7) is 9.75. The van der Waals surface area contributed by atoms with Crippen molar-refractivity contribution in [1.82, 2.24) is 0 Å². The molecule has 3 N–H and O–H groups in total. The summed E-state index contributed by atoms with van der Waals surface area (Å²) in [4.78, 5) is 73.3. The SMILES string of the molecule is CCCCCCCCCCCCCCCCCCCC(=O)OC[C@H](COP(=O)(O)OC[C@@H](O)COP(=O)(O)OC[C@@H](COC(=O)CCCCCCCCCCCCCCC)OC(=O)CCCCCCCCCCCCCC(C)C)OC(=O)CCCCCCCCCCCCCCCCCCCCC(C)CC. The summed E-state index contributed by atoms with van der Waals surface area (Å²) in [5.74, 6) is -0.462. The van der Waals surface area contributed by atoms with Gasteiger partial charge in [-0.2, -0.15) is 0 Å². The number of phosphoric ester groups is 2. The molecular formula is C87H170O17P2. The molecule has 0 heterocycles. The van der Waals surface area contributed by atoms with E-state index in [0.29, 0.717) is 25.7 Å². The van der Waals surface area contributed by atoms with Crippen molar-refractivity contribution in [2.45, 2.75) is 484 Å². The van der Waals surface area contributed by atoms with Gasteiger partial charge in [-0.25, -0.2) is 9.13 Å². The van der Waals surface area contributed by atoms with E-state index < -0.39 is 97.5 Å². The Bertz CT molecular complexity index is 2030. The maximum atomic E-state index is 13.2. The minimum Gasteiger partial charge on any atom is -0.462 e. The molecule has 19 heteroatoms. The van der Waals surface area contributed by atoms with Crippen LogP contribution in [0.25, 0.3) is 0 Å². The predicted octanol–water partition coefficient (Wildman–Crippen LogP) is 26.6. The number of carbonyl (C=O) groups is 4. The number of carbonyl (C=O) groups excluding carboxylic acids is 4. The summed E-state index contributed by atoms with van der Waals surface area (Å²) < 4.78 is 69.0. The van der Waals surface area contributed by atoms with Gasteiger partial charge in [0.1, 0.15) is 19.3 Å². The molecule has 0 aliphatic heterocycles. The molecule has 0 aromatic carbocycles. The molecular weight excluding hydrogens is 1380 g/mol. The van der Waals surface area contributed by atoms with E-state index in [1.165, 1.54) is 283 Å². The predicted molar refractivity (Wildman–Crippen MR) is 437 cm³/mol. The van der Waals surface area contributed by atoms with Crippen LogP contribution < -0.4 is 0 Å². The molecule has 0 fully saturated rings. The number of hydrogen-bond donors (Lipinski definition) is 3. The maximum Gasteiger partial charge on any atom is 0.472 e. The van der Waals surface area contributed by atoms with Gasteiger partial charge in [0.25, 0.3) is 0 Å². The van der Waals surface area contributed by atoms with E-state index >= 15 is 0 Å². The van der Waals surface area contributed by atoms with Gasteiger partial charge in [-0.15, -0.1) is 0 Å². The van der Waals surface area contributed by atoms with E-state index in [-0.39, 0.29) is 25.7 Å². The zero-order valence-electron chi connectivity index (χ0n) is 69.7. The molecule has 3 unspecified atom stereocenters. The van der Waals surface area contributed by atoms with Gasteiger partial charge in [0, 0.05) is 25.7 Å². The summed E-state index contributed by atoms with van der Waals surface area (Å²) >= 11 is 0. The van der Waals surface area contributed by atoms with Gasteiger partial charge in [-0.1, -0.05) is 414 Å². The molecule has 0 aromatic heterocycles. The topological polar surface area (TPSA) is 237 Å². The van der Waals surface area contributed by atoms with Crippen molar-refractivity contribution >= 4 is 39.5 Å². The van der Waals surface area contributed by atoms with Crippen molar-refractivity contribution in [2.24, 2.45) is 11.8 Å². The van der Waals surface area contributed by atoms with Crippen molar-refractivity contribution in [3.63, 3.8) is 0 Å². The van der Waals surface area contributed by atoms with Crippen molar-refractivity contribution < 1.29 is 80.2 Å². The third-order valence-electron chi connectivity index (χ3n) is 20.8. The summed E-state index contributed by atoms with van der Waals surface area (Å²) in [7, 11) is -9.93. The maximum absolute atomic E-state index is 13.2. The Hall–Kier alpha value is -1.94. The molecule has 0 spiro atoms. The van der Waals surface area contributed by atoms with Crippen LogP contribution in [-0.4, -0.2) is 96.7 Å². The Morgan fingerprint density at radius 3 is 0.717 bits per heavy atom. The molecule has 0 aliphatic rings. The first kappa shape index (κ1) is 104. The van der Waals surface area contributed by atoms with Crippen LogP contribution in [0.5, 0.6) is 0 Å². The minimum absolute atomic E-state index is 0.107. The molecule has 0 radical (unpaired) electrons. The van der Waals surface area contributed by atoms with E-state index in [1.807, 2.05) is 0 Å². The highest BCUT2D eigenvalue weighted by atomic mass is 31.2. The molecule has 0 bridgehead atoms. The molecule has 6 atom stereocenters. The molecule has 0 aliphatic carbocycles. The number of phosphoric acid groups is 2. The summed E-state index contributed by atoms with van der Waals surface area (Å²) in [5, 5.41) is 10.7. The number of rotatable bonds is 86. The standard InChI is InChI=1S/C87H170O17P2/c1-7-10-12-14-16-18-20-22-23-26-30-34-40-46-52-58-64-70-85(90)98-75-82(103-86(91)71-65-59-53-47-41-35-31-28-25-24-27-29-33-38-44-50-56-62-68-80(6)9-3)77-101-105(93,94)99-73-81(88)74-100-106(95,96)102-78-83(76-97-84(89)69-63-57-51-45-39-32-21-19-17-15-13-11-8-2)104-87(92)72-66-60-54-48-42-36-37-43-49-55-61-67-79(4)5/h79-83,88H,7-78H2,1-6H3,(H,93,94)(H,95,96)/t80?,81-,82-,83-/m1/s1. The molecule has 0 rings (SSSR count). The van der Waals surface area contributed by atoms with Gasteiger partial charge in [0.2, 0.25) is 0 Å². The molecule has 17 nitrogen and oxygen atoms in total. The quantitative estimate of drug-likeness (QED) is 0.0222. The van der Waals surface area contributed by atoms with Gasteiger partial charge < -0.3 is 33.8 Å². The summed E-state index contributed by atoms with van der Waals surface area (Å²) in [5.41, 5.74) is 0.